The molecule has 0 radical (unpaired) electrons. The van der Waals surface area contributed by atoms with E-state index in [9.17, 15) is 0 Å². The number of hydrogen-bond donors (Lipinski definition) is 1. The van der Waals surface area contributed by atoms with Gasteiger partial charge in [-0.15, -0.1) is 11.3 Å². The fraction of sp³-hybridized carbons (Fsp3) is 0.182. The molecule has 0 saturated carbocycles. The predicted molar refractivity (Wildman–Crippen MR) is 59.3 cm³/mol. The van der Waals surface area contributed by atoms with E-state index >= 15 is 0 Å². The topological polar surface area (TPSA) is 38.9 Å². The number of pyridine rings is 1. The van der Waals surface area contributed by atoms with Gasteiger partial charge < -0.3 is 5.73 Å². The number of nitrogens with zero attached hydrogens (tertiary/aromatic N) is 1. The summed E-state index contributed by atoms with van der Waals surface area (Å²) in [6, 6.07) is 8.11. The molecule has 0 unspecified atom stereocenters. The molecule has 0 saturated heterocycles. The summed E-state index contributed by atoms with van der Waals surface area (Å²) in [4.78, 5) is 5.55. The van der Waals surface area contributed by atoms with E-state index in [1.54, 1.807) is 11.3 Å². The second-order valence-electron chi connectivity index (χ2n) is 3.07. The fourth-order valence-corrected chi connectivity index (χ4v) is 2.19. The average Bonchev–Trinajstić information content (AvgIpc) is 2.67. The fourth-order valence-electron chi connectivity index (χ4n) is 1.40. The monoisotopic (exact) mass is 204 g/mol. The Kier molecular flexibility index (Phi) is 2.91. The van der Waals surface area contributed by atoms with Crippen LogP contribution in [-0.4, -0.2) is 4.98 Å². The maximum Gasteiger partial charge on any atom is 0.0447 e. The van der Waals surface area contributed by atoms with Crippen molar-refractivity contribution in [3.63, 3.8) is 0 Å². The molecule has 0 bridgehead atoms. The number of aromatic nitrogens is 1. The van der Waals surface area contributed by atoms with E-state index < -0.39 is 0 Å². The van der Waals surface area contributed by atoms with Crippen LogP contribution in [0.3, 0.4) is 0 Å². The Morgan fingerprint density at radius 2 is 2.21 bits per heavy atom. The van der Waals surface area contributed by atoms with Crippen LogP contribution in [0.2, 0.25) is 0 Å². The van der Waals surface area contributed by atoms with Crippen LogP contribution >= 0.6 is 11.3 Å². The van der Waals surface area contributed by atoms with E-state index in [1.807, 2.05) is 24.4 Å². The van der Waals surface area contributed by atoms with Crippen LogP contribution in [0.15, 0.2) is 35.8 Å². The second-order valence-corrected chi connectivity index (χ2v) is 4.07. The Morgan fingerprint density at radius 1 is 1.29 bits per heavy atom. The molecule has 72 valence electrons. The van der Waals surface area contributed by atoms with Gasteiger partial charge in [-0.2, -0.15) is 0 Å². The van der Waals surface area contributed by atoms with Crippen molar-refractivity contribution in [2.45, 2.75) is 13.0 Å². The van der Waals surface area contributed by atoms with Crippen LogP contribution in [0.4, 0.5) is 0 Å². The molecule has 2 heterocycles. The standard InChI is InChI=1S/C11H12N2S/c12-8-11-9(4-6-14-11)7-10-3-1-2-5-13-10/h1-6H,7-8,12H2. The van der Waals surface area contributed by atoms with E-state index in [4.69, 9.17) is 5.73 Å². The molecule has 0 aliphatic carbocycles. The van der Waals surface area contributed by atoms with Crippen LogP contribution in [0.5, 0.6) is 0 Å². The molecule has 0 spiro atoms. The highest BCUT2D eigenvalue weighted by molar-refractivity contribution is 7.10. The largest absolute Gasteiger partial charge is 0.326 e. The summed E-state index contributed by atoms with van der Waals surface area (Å²) in [7, 11) is 0. The van der Waals surface area contributed by atoms with Gasteiger partial charge in [-0.3, -0.25) is 4.98 Å². The molecule has 14 heavy (non-hydrogen) atoms. The molecule has 2 nitrogen and oxygen atoms in total. The Balaban J connectivity index is 2.19. The van der Waals surface area contributed by atoms with Gasteiger partial charge in [0.1, 0.15) is 0 Å². The first-order valence-corrected chi connectivity index (χ1v) is 5.43. The molecule has 2 aromatic rings. The molecule has 0 aromatic carbocycles. The zero-order valence-corrected chi connectivity index (χ0v) is 8.63. The summed E-state index contributed by atoms with van der Waals surface area (Å²) in [5.41, 5.74) is 8.04. The van der Waals surface area contributed by atoms with Crippen molar-refractivity contribution in [3.8, 4) is 0 Å². The Morgan fingerprint density at radius 3 is 2.93 bits per heavy atom. The second kappa shape index (κ2) is 4.35. The molecule has 2 N–H and O–H groups in total. The van der Waals surface area contributed by atoms with Crippen molar-refractivity contribution in [1.82, 2.24) is 4.98 Å². The number of thiophene rings is 1. The van der Waals surface area contributed by atoms with Gasteiger partial charge in [0.2, 0.25) is 0 Å². The molecule has 2 rings (SSSR count). The van der Waals surface area contributed by atoms with Gasteiger partial charge in [0.15, 0.2) is 0 Å². The maximum absolute atomic E-state index is 5.64. The lowest BCUT2D eigenvalue weighted by Gasteiger charge is -2.00. The molecule has 0 aliphatic rings. The molecule has 0 fully saturated rings. The van der Waals surface area contributed by atoms with Gasteiger partial charge in [-0.1, -0.05) is 6.07 Å². The van der Waals surface area contributed by atoms with E-state index in [0.717, 1.165) is 12.1 Å². The Labute approximate surface area is 87.4 Å². The molecule has 0 atom stereocenters. The van der Waals surface area contributed by atoms with E-state index in [2.05, 4.69) is 16.4 Å². The van der Waals surface area contributed by atoms with Gasteiger partial charge in [-0.25, -0.2) is 0 Å². The van der Waals surface area contributed by atoms with Crippen molar-refractivity contribution in [1.29, 1.82) is 0 Å². The molecule has 3 heteroatoms. The zero-order chi connectivity index (χ0) is 9.80. The zero-order valence-electron chi connectivity index (χ0n) is 7.81. The first-order valence-electron chi connectivity index (χ1n) is 4.55. The minimum atomic E-state index is 0.625. The van der Waals surface area contributed by atoms with E-state index in [0.29, 0.717) is 6.54 Å². The molecule has 0 aliphatic heterocycles. The number of rotatable bonds is 3. The molecule has 2 aromatic heterocycles. The normalized spacial score (nSPS) is 10.4. The van der Waals surface area contributed by atoms with Gasteiger partial charge >= 0.3 is 0 Å². The molecule has 0 amide bonds. The lowest BCUT2D eigenvalue weighted by molar-refractivity contribution is 1.02. The van der Waals surface area contributed by atoms with Crippen LogP contribution in [-0.2, 0) is 13.0 Å². The lowest BCUT2D eigenvalue weighted by atomic mass is 10.1. The molecular formula is C11H12N2S. The quantitative estimate of drug-likeness (QED) is 0.832. The van der Waals surface area contributed by atoms with Crippen LogP contribution in [0, 0.1) is 0 Å². The maximum atomic E-state index is 5.64. The van der Waals surface area contributed by atoms with E-state index in [-0.39, 0.29) is 0 Å². The average molecular weight is 204 g/mol. The number of nitrogens with two attached hydrogens (primary N) is 1. The van der Waals surface area contributed by atoms with Crippen molar-refractivity contribution in [2.24, 2.45) is 5.73 Å². The van der Waals surface area contributed by atoms with Crippen molar-refractivity contribution in [3.05, 3.63) is 52.0 Å². The minimum absolute atomic E-state index is 0.625. The third-order valence-electron chi connectivity index (χ3n) is 2.12. The van der Waals surface area contributed by atoms with Crippen LogP contribution < -0.4 is 5.73 Å². The molecular weight excluding hydrogens is 192 g/mol. The smallest absolute Gasteiger partial charge is 0.0447 e. The summed E-state index contributed by atoms with van der Waals surface area (Å²) in [6.45, 7) is 0.625. The van der Waals surface area contributed by atoms with Gasteiger partial charge in [0, 0.05) is 29.7 Å². The Hall–Kier alpha value is -1.19. The SMILES string of the molecule is NCc1sccc1Cc1ccccn1. The summed E-state index contributed by atoms with van der Waals surface area (Å²) in [5.74, 6) is 0. The summed E-state index contributed by atoms with van der Waals surface area (Å²) >= 11 is 1.72. The third-order valence-corrected chi connectivity index (χ3v) is 3.11. The van der Waals surface area contributed by atoms with Crippen molar-refractivity contribution in [2.75, 3.05) is 0 Å². The summed E-state index contributed by atoms with van der Waals surface area (Å²) in [6.07, 6.45) is 2.71. The van der Waals surface area contributed by atoms with Gasteiger partial charge in [-0.05, 0) is 29.1 Å². The highest BCUT2D eigenvalue weighted by Crippen LogP contribution is 2.18. The van der Waals surface area contributed by atoms with Crippen molar-refractivity contribution >= 4 is 11.3 Å². The van der Waals surface area contributed by atoms with Crippen LogP contribution in [0.1, 0.15) is 16.1 Å². The van der Waals surface area contributed by atoms with E-state index in [1.165, 1.54) is 10.4 Å². The lowest BCUT2D eigenvalue weighted by Crippen LogP contribution is -1.98. The third kappa shape index (κ3) is 2.00. The first kappa shape index (κ1) is 9.37. The highest BCUT2D eigenvalue weighted by atomic mass is 32.1. The van der Waals surface area contributed by atoms with Gasteiger partial charge in [0.25, 0.3) is 0 Å². The van der Waals surface area contributed by atoms with Gasteiger partial charge in [0.05, 0.1) is 0 Å². The Bertz CT molecular complexity index is 395. The first-order chi connectivity index (χ1) is 6.90. The van der Waals surface area contributed by atoms with Crippen LogP contribution in [0.25, 0.3) is 0 Å². The summed E-state index contributed by atoms with van der Waals surface area (Å²) < 4.78 is 0. The minimum Gasteiger partial charge on any atom is -0.326 e. The van der Waals surface area contributed by atoms with Crippen molar-refractivity contribution < 1.29 is 0 Å². The predicted octanol–water partition coefficient (Wildman–Crippen LogP) is 2.19. The number of hydrogen-bond acceptors (Lipinski definition) is 3. The highest BCUT2D eigenvalue weighted by Gasteiger charge is 2.03. The summed E-state index contributed by atoms with van der Waals surface area (Å²) in [5, 5.41) is 2.08.